The summed E-state index contributed by atoms with van der Waals surface area (Å²) in [5.41, 5.74) is 0.343. The molecule has 1 fully saturated rings. The van der Waals surface area contributed by atoms with Gasteiger partial charge in [-0.25, -0.2) is 9.97 Å². The van der Waals surface area contributed by atoms with Crippen molar-refractivity contribution in [3.63, 3.8) is 0 Å². The summed E-state index contributed by atoms with van der Waals surface area (Å²) >= 11 is 1.04. The van der Waals surface area contributed by atoms with Crippen LogP contribution in [0.2, 0.25) is 0 Å². The van der Waals surface area contributed by atoms with Crippen molar-refractivity contribution in [2.75, 3.05) is 25.2 Å². The minimum absolute atomic E-state index is 0.0137. The van der Waals surface area contributed by atoms with E-state index in [-0.39, 0.29) is 16.3 Å². The van der Waals surface area contributed by atoms with Crippen molar-refractivity contribution in [1.82, 2.24) is 19.9 Å². The molecular weight excluding hydrogens is 440 g/mol. The van der Waals surface area contributed by atoms with Crippen LogP contribution in [0.3, 0.4) is 0 Å². The number of carbonyl (C=O) groups is 1. The van der Waals surface area contributed by atoms with Crippen LogP contribution < -0.4 is 15.8 Å². The number of rotatable bonds is 7. The molecular formula is C21H23F2N5O3S. The highest BCUT2D eigenvalue weighted by molar-refractivity contribution is 7.21. The summed E-state index contributed by atoms with van der Waals surface area (Å²) in [6.45, 7) is 0.0976. The highest BCUT2D eigenvalue weighted by Gasteiger charge is 2.38. The molecule has 0 spiro atoms. The molecule has 4 rings (SSSR count). The van der Waals surface area contributed by atoms with E-state index in [4.69, 9.17) is 0 Å². The predicted molar refractivity (Wildman–Crippen MR) is 117 cm³/mol. The van der Waals surface area contributed by atoms with E-state index in [1.54, 1.807) is 0 Å². The Labute approximate surface area is 186 Å². The quantitative estimate of drug-likeness (QED) is 0.579. The molecule has 3 aromatic rings. The number of nitrogens with one attached hydrogen (secondary N) is 1. The maximum atomic E-state index is 14.4. The van der Waals surface area contributed by atoms with Crippen molar-refractivity contribution in [1.29, 1.82) is 0 Å². The zero-order chi connectivity index (χ0) is 22.9. The van der Waals surface area contributed by atoms with Gasteiger partial charge in [0.2, 0.25) is 5.91 Å². The molecule has 32 heavy (non-hydrogen) atoms. The number of benzene rings is 1. The second kappa shape index (κ2) is 8.91. The molecule has 8 nitrogen and oxygen atoms in total. The molecule has 1 N–H and O–H groups in total. The summed E-state index contributed by atoms with van der Waals surface area (Å²) in [6.07, 6.45) is 1.42. The Morgan fingerprint density at radius 2 is 2.06 bits per heavy atom. The van der Waals surface area contributed by atoms with Gasteiger partial charge >= 0.3 is 5.92 Å². The lowest BCUT2D eigenvalue weighted by Crippen LogP contribution is -2.43. The lowest BCUT2D eigenvalue weighted by atomic mass is 10.2. The third-order valence-electron chi connectivity index (χ3n) is 5.39. The molecule has 1 aliphatic heterocycles. The molecule has 1 aromatic carbocycles. The van der Waals surface area contributed by atoms with Crippen molar-refractivity contribution >= 4 is 32.7 Å². The normalized spacial score (nSPS) is 16.6. The highest BCUT2D eigenvalue weighted by atomic mass is 32.1. The van der Waals surface area contributed by atoms with Crippen LogP contribution in [0.5, 0.6) is 0 Å². The van der Waals surface area contributed by atoms with Gasteiger partial charge in [-0.2, -0.15) is 8.78 Å². The Morgan fingerprint density at radius 1 is 1.31 bits per heavy atom. The average molecular weight is 464 g/mol. The molecule has 1 aliphatic rings. The number of alkyl halides is 2. The SMILES string of the molecule is COCC(F)(F)c1nc2sc(N3CCC[C@@H]3C(=O)NCc3ccccc3)nc2c(=O)n1C. The molecule has 2 aromatic heterocycles. The number of anilines is 1. The molecule has 11 heteroatoms. The van der Waals surface area contributed by atoms with Crippen LogP contribution in [-0.4, -0.2) is 46.7 Å². The fourth-order valence-corrected chi connectivity index (χ4v) is 4.82. The van der Waals surface area contributed by atoms with Gasteiger partial charge in [-0.3, -0.25) is 14.2 Å². The van der Waals surface area contributed by atoms with Crippen molar-refractivity contribution in [2.45, 2.75) is 31.4 Å². The Kier molecular flexibility index (Phi) is 6.20. The number of carbonyl (C=O) groups excluding carboxylic acids is 1. The van der Waals surface area contributed by atoms with Crippen LogP contribution in [0.4, 0.5) is 13.9 Å². The number of hydrogen-bond donors (Lipinski definition) is 1. The standard InChI is InChI=1S/C21H23F2N5O3S/c1-27-18(30)15-17(26-19(27)21(22,23)12-31-2)32-20(25-15)28-10-6-9-14(28)16(29)24-11-13-7-4-3-5-8-13/h3-5,7-8,14H,6,9-12H2,1-2H3,(H,24,29)/t14-/m1/s1. The van der Waals surface area contributed by atoms with Gasteiger partial charge in [0, 0.05) is 27.2 Å². The van der Waals surface area contributed by atoms with Crippen molar-refractivity contribution in [3.8, 4) is 0 Å². The third-order valence-corrected chi connectivity index (χ3v) is 6.38. The first-order valence-electron chi connectivity index (χ1n) is 10.1. The molecule has 0 aliphatic carbocycles. The summed E-state index contributed by atoms with van der Waals surface area (Å²) in [6, 6.07) is 9.13. The molecule has 0 bridgehead atoms. The fraction of sp³-hybridized carbons (Fsp3) is 0.429. The molecule has 0 radical (unpaired) electrons. The van der Waals surface area contributed by atoms with Crippen molar-refractivity contribution in [3.05, 3.63) is 52.1 Å². The first-order chi connectivity index (χ1) is 15.3. The summed E-state index contributed by atoms with van der Waals surface area (Å²) in [7, 11) is 2.40. The number of methoxy groups -OCH3 is 1. The van der Waals surface area contributed by atoms with Crippen LogP contribution in [0, 0.1) is 0 Å². The van der Waals surface area contributed by atoms with E-state index in [1.807, 2.05) is 35.2 Å². The maximum Gasteiger partial charge on any atom is 0.327 e. The third kappa shape index (κ3) is 4.22. The molecule has 0 saturated carbocycles. The number of aromatic nitrogens is 3. The summed E-state index contributed by atoms with van der Waals surface area (Å²) < 4.78 is 34.2. The van der Waals surface area contributed by atoms with Crippen molar-refractivity contribution < 1.29 is 18.3 Å². The van der Waals surface area contributed by atoms with Crippen LogP contribution in [0.15, 0.2) is 35.1 Å². The second-order valence-corrected chi connectivity index (χ2v) is 8.60. The van der Waals surface area contributed by atoms with Gasteiger partial charge in [-0.1, -0.05) is 41.7 Å². The largest absolute Gasteiger partial charge is 0.378 e. The Hall–Kier alpha value is -2.92. The minimum Gasteiger partial charge on any atom is -0.378 e. The van der Waals surface area contributed by atoms with Gasteiger partial charge in [0.1, 0.15) is 12.6 Å². The number of thiazole rings is 1. The van der Waals surface area contributed by atoms with Gasteiger partial charge in [0.05, 0.1) is 0 Å². The predicted octanol–water partition coefficient (Wildman–Crippen LogP) is 2.41. The topological polar surface area (TPSA) is 89.3 Å². The molecule has 170 valence electrons. The van der Waals surface area contributed by atoms with Crippen LogP contribution in [0.25, 0.3) is 10.3 Å². The van der Waals surface area contributed by atoms with E-state index in [0.29, 0.717) is 24.6 Å². The van der Waals surface area contributed by atoms with Gasteiger partial charge in [-0.05, 0) is 18.4 Å². The summed E-state index contributed by atoms with van der Waals surface area (Å²) in [5, 5.41) is 3.36. The van der Waals surface area contributed by atoms with Gasteiger partial charge < -0.3 is 15.0 Å². The zero-order valence-electron chi connectivity index (χ0n) is 17.7. The van der Waals surface area contributed by atoms with E-state index < -0.39 is 30.0 Å². The molecule has 0 unspecified atom stereocenters. The number of nitrogens with zero attached hydrogens (tertiary/aromatic N) is 4. The first-order valence-corrected chi connectivity index (χ1v) is 11.0. The number of halogens is 2. The monoisotopic (exact) mass is 463 g/mol. The summed E-state index contributed by atoms with van der Waals surface area (Å²) in [5.74, 6) is -4.24. The smallest absolute Gasteiger partial charge is 0.327 e. The number of amides is 1. The lowest BCUT2D eigenvalue weighted by Gasteiger charge is -2.23. The van der Waals surface area contributed by atoms with E-state index in [2.05, 4.69) is 20.0 Å². The Balaban J connectivity index is 1.60. The van der Waals surface area contributed by atoms with Gasteiger partial charge in [0.15, 0.2) is 21.3 Å². The van der Waals surface area contributed by atoms with Crippen LogP contribution in [-0.2, 0) is 29.0 Å². The molecule has 3 heterocycles. The maximum absolute atomic E-state index is 14.4. The molecule has 1 atom stereocenters. The summed E-state index contributed by atoms with van der Waals surface area (Å²) in [4.78, 5) is 35.9. The van der Waals surface area contributed by atoms with Crippen LogP contribution >= 0.6 is 11.3 Å². The van der Waals surface area contributed by atoms with Crippen LogP contribution in [0.1, 0.15) is 24.2 Å². The zero-order valence-corrected chi connectivity index (χ0v) is 18.5. The van der Waals surface area contributed by atoms with Gasteiger partial charge in [0.25, 0.3) is 5.56 Å². The first kappa shape index (κ1) is 22.3. The van der Waals surface area contributed by atoms with Crippen molar-refractivity contribution in [2.24, 2.45) is 7.05 Å². The Bertz CT molecular complexity index is 1180. The number of ether oxygens (including phenoxy) is 1. The van der Waals surface area contributed by atoms with E-state index >= 15 is 0 Å². The second-order valence-electron chi connectivity index (χ2n) is 7.64. The molecule has 1 saturated heterocycles. The van der Waals surface area contributed by atoms with Gasteiger partial charge in [-0.15, -0.1) is 0 Å². The fourth-order valence-electron chi connectivity index (χ4n) is 3.81. The molecule has 1 amide bonds. The van der Waals surface area contributed by atoms with E-state index in [9.17, 15) is 18.4 Å². The van der Waals surface area contributed by atoms with E-state index in [0.717, 1.165) is 35.0 Å². The number of hydrogen-bond acceptors (Lipinski definition) is 7. The Morgan fingerprint density at radius 3 is 2.78 bits per heavy atom. The number of fused-ring (bicyclic) bond motifs is 1. The average Bonchev–Trinajstić information content (AvgIpc) is 3.42. The minimum atomic E-state index is -3.42. The highest BCUT2D eigenvalue weighted by Crippen LogP contribution is 2.33. The lowest BCUT2D eigenvalue weighted by molar-refractivity contribution is -0.122. The van der Waals surface area contributed by atoms with E-state index in [1.165, 1.54) is 7.05 Å².